The van der Waals surface area contributed by atoms with Gasteiger partial charge in [-0.15, -0.1) is 0 Å². The highest BCUT2D eigenvalue weighted by Crippen LogP contribution is 2.25. The quantitative estimate of drug-likeness (QED) is 0.344. The van der Waals surface area contributed by atoms with Crippen molar-refractivity contribution in [2.45, 2.75) is 18.6 Å². The molecule has 0 bridgehead atoms. The summed E-state index contributed by atoms with van der Waals surface area (Å²) >= 11 is -2.02. The molecule has 0 amide bonds. The maximum atomic E-state index is 13.5. The number of carbonyl (C=O) groups excluding carboxylic acids is 2. The van der Waals surface area contributed by atoms with Crippen molar-refractivity contribution in [2.24, 2.45) is 0 Å². The Morgan fingerprint density at radius 1 is 1.12 bits per heavy atom. The van der Waals surface area contributed by atoms with Gasteiger partial charge in [0.05, 0.1) is 12.4 Å². The third-order valence-corrected chi connectivity index (χ3v) is 4.17. The number of ketones is 1. The van der Waals surface area contributed by atoms with Gasteiger partial charge in [0.15, 0.2) is 28.5 Å². The van der Waals surface area contributed by atoms with Gasteiger partial charge in [-0.25, -0.2) is 13.0 Å². The summed E-state index contributed by atoms with van der Waals surface area (Å²) in [6, 6.07) is 8.54. The molecule has 0 saturated carbocycles. The number of carbonyl (C=O) groups is 2. The van der Waals surface area contributed by atoms with Crippen LogP contribution >= 0.6 is 0 Å². The molecule has 0 aliphatic carbocycles. The van der Waals surface area contributed by atoms with Crippen LogP contribution in [0, 0.1) is 11.6 Å². The summed E-state index contributed by atoms with van der Waals surface area (Å²) in [5.41, 5.74) is 0.649. The van der Waals surface area contributed by atoms with E-state index in [-0.39, 0.29) is 23.5 Å². The standard InChI is InChI=1S/C18H16F2O5S/c1-2-25-18(22)16(13-7-8-14(19)15(20)9-13)17(21)12-5-3-11(4-6-12)10-26(23)24/h3-9,16H,2,10H2,1H3,(H,23,24). The lowest BCUT2D eigenvalue weighted by Crippen LogP contribution is -2.24. The number of esters is 1. The molecule has 0 radical (unpaired) electrons. The third-order valence-electron chi connectivity index (χ3n) is 3.59. The van der Waals surface area contributed by atoms with Gasteiger partial charge < -0.3 is 9.29 Å². The summed E-state index contributed by atoms with van der Waals surface area (Å²) in [5, 5.41) is 0. The maximum absolute atomic E-state index is 13.5. The van der Waals surface area contributed by atoms with Gasteiger partial charge in [-0.3, -0.25) is 9.59 Å². The molecule has 8 heteroatoms. The van der Waals surface area contributed by atoms with E-state index in [1.54, 1.807) is 6.92 Å². The van der Waals surface area contributed by atoms with Gasteiger partial charge in [-0.05, 0) is 30.2 Å². The molecule has 138 valence electrons. The van der Waals surface area contributed by atoms with Gasteiger partial charge in [-0.1, -0.05) is 30.3 Å². The zero-order chi connectivity index (χ0) is 19.3. The van der Waals surface area contributed by atoms with E-state index in [0.717, 1.165) is 18.2 Å². The fourth-order valence-electron chi connectivity index (χ4n) is 2.39. The Balaban J connectivity index is 2.38. The van der Waals surface area contributed by atoms with E-state index < -0.39 is 40.4 Å². The van der Waals surface area contributed by atoms with Gasteiger partial charge in [0, 0.05) is 5.56 Å². The maximum Gasteiger partial charge on any atom is 0.321 e. The summed E-state index contributed by atoms with van der Waals surface area (Å²) < 4.78 is 51.3. The average Bonchev–Trinajstić information content (AvgIpc) is 2.58. The minimum atomic E-state index is -2.02. The first-order chi connectivity index (χ1) is 12.3. The lowest BCUT2D eigenvalue weighted by Gasteiger charge is -2.15. The molecule has 0 heterocycles. The van der Waals surface area contributed by atoms with E-state index >= 15 is 0 Å². The Hall–Kier alpha value is -2.45. The summed E-state index contributed by atoms with van der Waals surface area (Å²) in [7, 11) is 0. The van der Waals surface area contributed by atoms with Crippen LogP contribution in [0.3, 0.4) is 0 Å². The molecular formula is C18H16F2O5S. The van der Waals surface area contributed by atoms with E-state index in [9.17, 15) is 22.6 Å². The van der Waals surface area contributed by atoms with Crippen molar-refractivity contribution in [3.63, 3.8) is 0 Å². The first-order valence-electron chi connectivity index (χ1n) is 7.65. The van der Waals surface area contributed by atoms with Gasteiger partial charge in [0.2, 0.25) is 0 Å². The van der Waals surface area contributed by atoms with Crippen molar-refractivity contribution >= 4 is 22.8 Å². The second-order valence-corrected chi connectivity index (χ2v) is 6.32. The minimum Gasteiger partial charge on any atom is -0.465 e. The smallest absolute Gasteiger partial charge is 0.321 e. The van der Waals surface area contributed by atoms with Crippen LogP contribution in [0.2, 0.25) is 0 Å². The van der Waals surface area contributed by atoms with Gasteiger partial charge in [0.25, 0.3) is 0 Å². The number of ether oxygens (including phenoxy) is 1. The Morgan fingerprint density at radius 3 is 2.31 bits per heavy atom. The number of hydrogen-bond acceptors (Lipinski definition) is 4. The van der Waals surface area contributed by atoms with Crippen LogP contribution in [0.4, 0.5) is 8.78 Å². The fourth-order valence-corrected chi connectivity index (χ4v) is 2.86. The zero-order valence-corrected chi connectivity index (χ0v) is 14.6. The van der Waals surface area contributed by atoms with E-state index in [1.165, 1.54) is 24.3 Å². The van der Waals surface area contributed by atoms with Crippen molar-refractivity contribution in [1.29, 1.82) is 0 Å². The second kappa shape index (κ2) is 8.77. The van der Waals surface area contributed by atoms with Crippen molar-refractivity contribution in [2.75, 3.05) is 6.61 Å². The number of halogens is 2. The van der Waals surface area contributed by atoms with Gasteiger partial charge in [-0.2, -0.15) is 0 Å². The minimum absolute atomic E-state index is 0.0205. The molecule has 0 spiro atoms. The van der Waals surface area contributed by atoms with E-state index in [4.69, 9.17) is 9.29 Å². The van der Waals surface area contributed by atoms with E-state index in [2.05, 4.69) is 0 Å². The van der Waals surface area contributed by atoms with Crippen molar-refractivity contribution < 1.29 is 31.9 Å². The molecule has 0 aliphatic heterocycles. The predicted octanol–water partition coefficient (Wildman–Crippen LogP) is 3.22. The molecule has 0 saturated heterocycles. The molecule has 2 atom stereocenters. The molecule has 2 aromatic rings. The van der Waals surface area contributed by atoms with Crippen LogP contribution in [-0.2, 0) is 26.4 Å². The van der Waals surface area contributed by atoms with Crippen molar-refractivity contribution in [3.8, 4) is 0 Å². The summed E-state index contributed by atoms with van der Waals surface area (Å²) in [6.07, 6.45) is 0. The molecule has 2 unspecified atom stereocenters. The normalized spacial score (nSPS) is 13.1. The Labute approximate surface area is 151 Å². The van der Waals surface area contributed by atoms with Crippen LogP contribution in [0.1, 0.15) is 34.3 Å². The lowest BCUT2D eigenvalue weighted by atomic mass is 9.90. The molecule has 2 rings (SSSR count). The van der Waals surface area contributed by atoms with Crippen LogP contribution in [0.25, 0.3) is 0 Å². The number of hydrogen-bond donors (Lipinski definition) is 1. The Bertz CT molecular complexity index is 836. The zero-order valence-electron chi connectivity index (χ0n) is 13.8. The molecule has 26 heavy (non-hydrogen) atoms. The van der Waals surface area contributed by atoms with Crippen LogP contribution in [0.15, 0.2) is 42.5 Å². The van der Waals surface area contributed by atoms with Crippen molar-refractivity contribution in [3.05, 3.63) is 70.8 Å². The van der Waals surface area contributed by atoms with Gasteiger partial charge in [0.1, 0.15) is 5.92 Å². The molecule has 1 N–H and O–H groups in total. The predicted molar refractivity (Wildman–Crippen MR) is 91.0 cm³/mol. The van der Waals surface area contributed by atoms with E-state index in [1.807, 2.05) is 0 Å². The number of benzene rings is 2. The van der Waals surface area contributed by atoms with Crippen molar-refractivity contribution in [1.82, 2.24) is 0 Å². The molecule has 2 aromatic carbocycles. The Morgan fingerprint density at radius 2 is 1.77 bits per heavy atom. The van der Waals surface area contributed by atoms with Crippen LogP contribution < -0.4 is 0 Å². The second-order valence-electron chi connectivity index (χ2n) is 5.39. The fraction of sp³-hybridized carbons (Fsp3) is 0.222. The average molecular weight is 382 g/mol. The lowest BCUT2D eigenvalue weighted by molar-refractivity contribution is -0.143. The molecule has 0 aliphatic rings. The molecule has 0 fully saturated rings. The SMILES string of the molecule is CCOC(=O)C(C(=O)c1ccc(CS(=O)O)cc1)c1ccc(F)c(F)c1. The Kier molecular flexibility index (Phi) is 6.70. The first kappa shape index (κ1) is 19.9. The third kappa shape index (κ3) is 4.80. The highest BCUT2D eigenvalue weighted by Gasteiger charge is 2.31. The highest BCUT2D eigenvalue weighted by atomic mass is 32.2. The van der Waals surface area contributed by atoms with Crippen LogP contribution in [-0.4, -0.2) is 27.1 Å². The summed E-state index contributed by atoms with van der Waals surface area (Å²) in [6.45, 7) is 1.59. The molecule has 0 aromatic heterocycles. The first-order valence-corrected chi connectivity index (χ1v) is 8.93. The summed E-state index contributed by atoms with van der Waals surface area (Å²) in [4.78, 5) is 25.0. The molecule has 5 nitrogen and oxygen atoms in total. The van der Waals surface area contributed by atoms with Gasteiger partial charge >= 0.3 is 5.97 Å². The van der Waals surface area contributed by atoms with E-state index in [0.29, 0.717) is 5.56 Å². The summed E-state index contributed by atoms with van der Waals surface area (Å²) in [5.74, 6) is -5.33. The highest BCUT2D eigenvalue weighted by molar-refractivity contribution is 7.78. The van der Waals surface area contributed by atoms with Crippen LogP contribution in [0.5, 0.6) is 0 Å². The number of Topliss-reactive ketones (excluding diaryl/α,β-unsaturated/α-hetero) is 1. The largest absolute Gasteiger partial charge is 0.465 e. The molecular weight excluding hydrogens is 366 g/mol. The topological polar surface area (TPSA) is 80.7 Å². The monoisotopic (exact) mass is 382 g/mol. The number of rotatable bonds is 7.